The van der Waals surface area contributed by atoms with Gasteiger partial charge in [-0.1, -0.05) is 23.7 Å². The van der Waals surface area contributed by atoms with Crippen LogP contribution in [0.1, 0.15) is 15.9 Å². The Labute approximate surface area is 149 Å². The Morgan fingerprint density at radius 1 is 1.14 bits per heavy atom. The zero-order valence-electron chi connectivity index (χ0n) is 13.1. The molecule has 0 amide bonds. The zero-order valence-corrected chi connectivity index (χ0v) is 14.8. The van der Waals surface area contributed by atoms with Gasteiger partial charge in [-0.15, -0.1) is 0 Å². The topological polar surface area (TPSA) is 35.5 Å². The summed E-state index contributed by atoms with van der Waals surface area (Å²) in [6.45, 7) is 1.88. The monoisotopic (exact) mass is 329 g/mol. The van der Waals surface area contributed by atoms with Crippen molar-refractivity contribution in [3.05, 3.63) is 52.5 Å². The molecule has 2 aromatic rings. The first-order valence-corrected chi connectivity index (χ1v) is 7.73. The average Bonchev–Trinajstić information content (AvgIpc) is 2.47. The van der Waals surface area contributed by atoms with Gasteiger partial charge in [-0.25, -0.2) is 0 Å². The molecule has 6 heteroatoms. The van der Waals surface area contributed by atoms with E-state index >= 15 is 0 Å². The molecule has 0 aromatic heterocycles. The molecule has 22 heavy (non-hydrogen) atoms. The van der Waals surface area contributed by atoms with Crippen molar-refractivity contribution in [2.24, 2.45) is 0 Å². The number of methoxy groups -OCH3 is 2. The molecular weight excluding hydrogens is 314 g/mol. The first-order chi connectivity index (χ1) is 10.1. The number of rotatable bonds is 5. The van der Waals surface area contributed by atoms with Crippen LogP contribution in [0.2, 0.25) is 5.02 Å². The van der Waals surface area contributed by atoms with Crippen molar-refractivity contribution in [2.75, 3.05) is 14.2 Å². The molecule has 0 saturated carbocycles. The summed E-state index contributed by atoms with van der Waals surface area (Å²) in [5.74, 6) is 1.34. The molecule has 0 heterocycles. The van der Waals surface area contributed by atoms with Gasteiger partial charge in [-0.05, 0) is 39.3 Å². The van der Waals surface area contributed by atoms with E-state index in [0.29, 0.717) is 22.1 Å². The van der Waals surface area contributed by atoms with Crippen LogP contribution < -0.4 is 33.6 Å². The summed E-state index contributed by atoms with van der Waals surface area (Å²) in [6, 6.07) is 10.9. The van der Waals surface area contributed by atoms with Crippen LogP contribution in [0.3, 0.4) is 0 Å². The van der Waals surface area contributed by atoms with Gasteiger partial charge < -0.3 is 9.47 Å². The maximum Gasteiger partial charge on any atom is 1.00 e. The van der Waals surface area contributed by atoms with E-state index in [0.717, 1.165) is 10.9 Å². The van der Waals surface area contributed by atoms with Gasteiger partial charge in [0.05, 0.1) is 19.2 Å². The first kappa shape index (κ1) is 19.1. The predicted octanol–water partition coefficient (Wildman–Crippen LogP) is 0.814. The van der Waals surface area contributed by atoms with Crippen molar-refractivity contribution in [1.82, 2.24) is 0 Å². The fourth-order valence-electron chi connectivity index (χ4n) is 2.01. The second-order valence-electron chi connectivity index (χ2n) is 4.45. The molecule has 0 N–H and O–H groups in total. The molecule has 0 saturated heterocycles. The maximum atomic E-state index is 12.5. The van der Waals surface area contributed by atoms with Crippen LogP contribution in [0.5, 0.6) is 11.5 Å². The number of halogens is 1. The second-order valence-corrected chi connectivity index (χ2v) is 6.10. The third kappa shape index (κ3) is 4.28. The zero-order chi connectivity index (χ0) is 15.4. The molecule has 0 aliphatic carbocycles. The maximum absolute atomic E-state index is 12.5. The summed E-state index contributed by atoms with van der Waals surface area (Å²) in [6.07, 6.45) is 0. The Balaban J connectivity index is 0.00000242. The number of benzene rings is 2. The van der Waals surface area contributed by atoms with E-state index < -0.39 is 0 Å². The standard InChI is InChI=1S/C16H16ClO3P.Li/c1-10-5-4-6-12(17)15(10)16(18)21-14-8-7-11(19-2)9-13(14)20-3;/h4-9,21H,1-3H3;/q;+1. The van der Waals surface area contributed by atoms with E-state index in [2.05, 4.69) is 0 Å². The van der Waals surface area contributed by atoms with Gasteiger partial charge in [0.15, 0.2) is 5.52 Å². The van der Waals surface area contributed by atoms with Crippen molar-refractivity contribution in [2.45, 2.75) is 6.92 Å². The second kappa shape index (κ2) is 8.61. The van der Waals surface area contributed by atoms with Crippen LogP contribution in [0.4, 0.5) is 0 Å². The molecule has 0 aliphatic rings. The molecule has 0 bridgehead atoms. The largest absolute Gasteiger partial charge is 1.00 e. The first-order valence-electron chi connectivity index (χ1n) is 6.35. The van der Waals surface area contributed by atoms with Gasteiger partial charge in [-0.3, -0.25) is 4.79 Å². The summed E-state index contributed by atoms with van der Waals surface area (Å²) < 4.78 is 10.5. The number of hydrogen-bond acceptors (Lipinski definition) is 3. The summed E-state index contributed by atoms with van der Waals surface area (Å²) in [5, 5.41) is 1.32. The summed E-state index contributed by atoms with van der Waals surface area (Å²) >= 11 is 6.14. The molecule has 110 valence electrons. The van der Waals surface area contributed by atoms with Crippen LogP contribution in [0, 0.1) is 6.92 Å². The number of hydrogen-bond donors (Lipinski definition) is 0. The third-order valence-corrected chi connectivity index (χ3v) is 4.58. The van der Waals surface area contributed by atoms with E-state index in [-0.39, 0.29) is 33.0 Å². The number of ether oxygens (including phenoxy) is 2. The van der Waals surface area contributed by atoms with Crippen LogP contribution in [-0.2, 0) is 0 Å². The minimum Gasteiger partial charge on any atom is -0.497 e. The molecule has 0 aliphatic heterocycles. The van der Waals surface area contributed by atoms with Gasteiger partial charge in [0, 0.05) is 16.9 Å². The van der Waals surface area contributed by atoms with Crippen LogP contribution in [0.15, 0.2) is 36.4 Å². The minimum absolute atomic E-state index is 0. The quantitative estimate of drug-likeness (QED) is 0.602. The predicted molar refractivity (Wildman–Crippen MR) is 88.0 cm³/mol. The third-order valence-electron chi connectivity index (χ3n) is 3.11. The summed E-state index contributed by atoms with van der Waals surface area (Å²) in [7, 11) is 3.12. The Kier molecular flexibility index (Phi) is 7.46. The van der Waals surface area contributed by atoms with Gasteiger partial charge in [-0.2, -0.15) is 0 Å². The normalized spacial score (nSPS) is 10.4. The van der Waals surface area contributed by atoms with Crippen molar-refractivity contribution < 1.29 is 33.1 Å². The van der Waals surface area contributed by atoms with Crippen molar-refractivity contribution in [1.29, 1.82) is 0 Å². The molecule has 0 spiro atoms. The van der Waals surface area contributed by atoms with Crippen LogP contribution in [-0.4, -0.2) is 19.7 Å². The van der Waals surface area contributed by atoms with E-state index in [1.54, 1.807) is 26.4 Å². The molecule has 0 fully saturated rings. The van der Waals surface area contributed by atoms with E-state index in [4.69, 9.17) is 21.1 Å². The SMILES string of the molecule is COc1ccc(PC(=O)c2c(C)cccc2Cl)c(OC)c1.[Li+]. The molecule has 1 unspecified atom stereocenters. The molecule has 0 radical (unpaired) electrons. The van der Waals surface area contributed by atoms with Crippen LogP contribution in [0.25, 0.3) is 0 Å². The molecule has 2 rings (SSSR count). The molecular formula is C16H16ClLiO3P+. The fourth-order valence-corrected chi connectivity index (χ4v) is 3.56. The van der Waals surface area contributed by atoms with Gasteiger partial charge >= 0.3 is 18.9 Å². The summed E-state index contributed by atoms with van der Waals surface area (Å²) in [4.78, 5) is 12.5. The minimum atomic E-state index is -0.0520. The van der Waals surface area contributed by atoms with Crippen molar-refractivity contribution >= 4 is 31.0 Å². The Morgan fingerprint density at radius 3 is 2.45 bits per heavy atom. The molecule has 1 atom stereocenters. The van der Waals surface area contributed by atoms with Crippen molar-refractivity contribution in [3.8, 4) is 11.5 Å². The average molecular weight is 330 g/mol. The van der Waals surface area contributed by atoms with E-state index in [9.17, 15) is 4.79 Å². The molecule has 2 aromatic carbocycles. The number of carbonyl (C=O) groups is 1. The van der Waals surface area contributed by atoms with Gasteiger partial charge in [0.25, 0.3) is 0 Å². The van der Waals surface area contributed by atoms with Crippen LogP contribution >= 0.6 is 20.2 Å². The Hall–Kier alpha value is -0.973. The van der Waals surface area contributed by atoms with Gasteiger partial charge in [0.1, 0.15) is 11.5 Å². The molecule has 3 nitrogen and oxygen atoms in total. The summed E-state index contributed by atoms with van der Waals surface area (Å²) in [5.41, 5.74) is 1.46. The Morgan fingerprint density at radius 2 is 1.86 bits per heavy atom. The van der Waals surface area contributed by atoms with Gasteiger partial charge in [0.2, 0.25) is 0 Å². The number of carbonyl (C=O) groups excluding carboxylic acids is 1. The smallest absolute Gasteiger partial charge is 0.497 e. The Bertz CT molecular complexity index is 656. The van der Waals surface area contributed by atoms with E-state index in [1.165, 1.54) is 0 Å². The van der Waals surface area contributed by atoms with Crippen molar-refractivity contribution in [3.63, 3.8) is 0 Å². The van der Waals surface area contributed by atoms with E-state index in [1.807, 2.05) is 31.2 Å². The number of aryl methyl sites for hydroxylation is 1. The fraction of sp³-hybridized carbons (Fsp3) is 0.188.